The Morgan fingerprint density at radius 3 is 2.50 bits per heavy atom. The summed E-state index contributed by atoms with van der Waals surface area (Å²) in [6.45, 7) is 4.62. The van der Waals surface area contributed by atoms with Crippen molar-refractivity contribution >= 4 is 29.9 Å². The predicted molar refractivity (Wildman–Crippen MR) is 117 cm³/mol. The first kappa shape index (κ1) is 22.4. The van der Waals surface area contributed by atoms with Gasteiger partial charge in [0.2, 0.25) is 0 Å². The van der Waals surface area contributed by atoms with Gasteiger partial charge in [-0.15, -0.1) is 24.0 Å². The van der Waals surface area contributed by atoms with Crippen LogP contribution < -0.4 is 5.32 Å². The highest BCUT2D eigenvalue weighted by Crippen LogP contribution is 2.06. The molecule has 0 aliphatic carbocycles. The van der Waals surface area contributed by atoms with E-state index in [4.69, 9.17) is 0 Å². The van der Waals surface area contributed by atoms with Crippen molar-refractivity contribution in [1.82, 2.24) is 29.9 Å². The monoisotopic (exact) mass is 471 g/mol. The summed E-state index contributed by atoms with van der Waals surface area (Å²) in [4.78, 5) is 13.0. The lowest BCUT2D eigenvalue weighted by molar-refractivity contribution is 0.247. The highest BCUT2D eigenvalue weighted by molar-refractivity contribution is 14.0. The molecular formula is C18H30IN7. The van der Waals surface area contributed by atoms with Gasteiger partial charge in [0, 0.05) is 40.3 Å². The molecule has 7 nitrogen and oxygen atoms in total. The first-order valence-corrected chi connectivity index (χ1v) is 8.50. The molecule has 0 radical (unpaired) electrons. The summed E-state index contributed by atoms with van der Waals surface area (Å²) in [5.74, 6) is 1.75. The van der Waals surface area contributed by atoms with Crippen LogP contribution in [0.4, 0.5) is 0 Å². The molecule has 0 aliphatic heterocycles. The second-order valence-electron chi connectivity index (χ2n) is 6.33. The summed E-state index contributed by atoms with van der Waals surface area (Å²) in [5, 5.41) is 7.55. The van der Waals surface area contributed by atoms with Gasteiger partial charge in [-0.1, -0.05) is 30.3 Å². The zero-order chi connectivity index (χ0) is 18.2. The third-order valence-corrected chi connectivity index (χ3v) is 4.34. The summed E-state index contributed by atoms with van der Waals surface area (Å²) in [6.07, 6.45) is 1.57. The van der Waals surface area contributed by atoms with Crippen molar-refractivity contribution in [3.8, 4) is 0 Å². The van der Waals surface area contributed by atoms with Crippen molar-refractivity contribution < 1.29 is 0 Å². The molecule has 1 aromatic carbocycles. The molecule has 2 aromatic rings. The van der Waals surface area contributed by atoms with Gasteiger partial charge in [0.05, 0.1) is 6.54 Å². The molecule has 2 rings (SSSR count). The fourth-order valence-electron chi connectivity index (χ4n) is 2.56. The number of aromatic nitrogens is 3. The van der Waals surface area contributed by atoms with E-state index in [2.05, 4.69) is 63.5 Å². The van der Waals surface area contributed by atoms with Crippen LogP contribution in [0.15, 0.2) is 41.7 Å². The van der Waals surface area contributed by atoms with Crippen LogP contribution in [0.2, 0.25) is 0 Å². The Balaban J connectivity index is 0.00000338. The van der Waals surface area contributed by atoms with Gasteiger partial charge in [0.25, 0.3) is 0 Å². The van der Waals surface area contributed by atoms with Gasteiger partial charge < -0.3 is 10.2 Å². The number of likely N-dealkylation sites (N-methyl/N-ethyl adjacent to an activating group) is 1. The van der Waals surface area contributed by atoms with Crippen molar-refractivity contribution in [3.63, 3.8) is 0 Å². The van der Waals surface area contributed by atoms with Crippen molar-refractivity contribution in [3.05, 3.63) is 48.0 Å². The van der Waals surface area contributed by atoms with E-state index in [0.717, 1.165) is 24.9 Å². The molecule has 1 N–H and O–H groups in total. The Labute approximate surface area is 173 Å². The minimum atomic E-state index is 0. The number of aliphatic imine (C=N–C) groups is 1. The van der Waals surface area contributed by atoms with Crippen LogP contribution >= 0.6 is 24.0 Å². The molecule has 0 aliphatic rings. The third kappa shape index (κ3) is 6.56. The van der Waals surface area contributed by atoms with Crippen molar-refractivity contribution in [2.75, 3.05) is 27.7 Å². The molecule has 0 bridgehead atoms. The number of nitrogens with zero attached hydrogens (tertiary/aromatic N) is 6. The minimum absolute atomic E-state index is 0. The van der Waals surface area contributed by atoms with Gasteiger partial charge in [0.15, 0.2) is 5.96 Å². The molecule has 1 atom stereocenters. The van der Waals surface area contributed by atoms with Gasteiger partial charge >= 0.3 is 0 Å². The van der Waals surface area contributed by atoms with Gasteiger partial charge in [0.1, 0.15) is 12.2 Å². The number of benzene rings is 1. The predicted octanol–water partition coefficient (Wildman–Crippen LogP) is 1.96. The average Bonchev–Trinajstić information content (AvgIpc) is 3.01. The maximum absolute atomic E-state index is 4.37. The maximum atomic E-state index is 4.37. The topological polar surface area (TPSA) is 61.6 Å². The summed E-state index contributed by atoms with van der Waals surface area (Å²) in [6, 6.07) is 10.9. The first-order valence-electron chi connectivity index (χ1n) is 8.50. The van der Waals surface area contributed by atoms with Crippen LogP contribution in [0.25, 0.3) is 0 Å². The van der Waals surface area contributed by atoms with E-state index in [1.165, 1.54) is 5.56 Å². The fourth-order valence-corrected chi connectivity index (χ4v) is 2.56. The Morgan fingerprint density at radius 2 is 1.92 bits per heavy atom. The number of hydrogen-bond acceptors (Lipinski definition) is 4. The second kappa shape index (κ2) is 11.1. The summed E-state index contributed by atoms with van der Waals surface area (Å²) in [7, 11) is 7.84. The summed E-state index contributed by atoms with van der Waals surface area (Å²) in [5.41, 5.74) is 1.32. The Bertz CT molecular complexity index is 671. The number of hydrogen-bond donors (Lipinski definition) is 1. The van der Waals surface area contributed by atoms with Crippen LogP contribution in [0.5, 0.6) is 0 Å². The fraction of sp³-hybridized carbons (Fsp3) is 0.500. The van der Waals surface area contributed by atoms with E-state index >= 15 is 0 Å². The van der Waals surface area contributed by atoms with Crippen molar-refractivity contribution in [2.45, 2.75) is 26.1 Å². The lowest BCUT2D eigenvalue weighted by atomic mass is 10.2. The quantitative estimate of drug-likeness (QED) is 0.380. The molecule has 1 aromatic heterocycles. The lowest BCUT2D eigenvalue weighted by Gasteiger charge is -2.28. The molecule has 0 amide bonds. The van der Waals surface area contributed by atoms with E-state index in [1.54, 1.807) is 18.1 Å². The zero-order valence-electron chi connectivity index (χ0n) is 16.3. The van der Waals surface area contributed by atoms with E-state index < -0.39 is 0 Å². The van der Waals surface area contributed by atoms with Crippen LogP contribution in [0, 0.1) is 0 Å². The summed E-state index contributed by atoms with van der Waals surface area (Å²) >= 11 is 0. The van der Waals surface area contributed by atoms with Gasteiger partial charge in [-0.3, -0.25) is 14.6 Å². The highest BCUT2D eigenvalue weighted by Gasteiger charge is 2.13. The van der Waals surface area contributed by atoms with E-state index in [1.807, 2.05) is 25.1 Å². The first-order chi connectivity index (χ1) is 12.0. The molecule has 26 heavy (non-hydrogen) atoms. The molecule has 0 saturated heterocycles. The van der Waals surface area contributed by atoms with Crippen LogP contribution in [-0.4, -0.2) is 64.3 Å². The van der Waals surface area contributed by atoms with E-state index in [0.29, 0.717) is 12.6 Å². The number of rotatable bonds is 7. The average molecular weight is 471 g/mol. The normalized spacial score (nSPS) is 12.6. The molecule has 144 valence electrons. The number of nitrogens with one attached hydrogen (secondary N) is 1. The van der Waals surface area contributed by atoms with Crippen molar-refractivity contribution in [1.29, 1.82) is 0 Å². The molecule has 0 saturated carbocycles. The van der Waals surface area contributed by atoms with Crippen LogP contribution in [-0.2, 0) is 20.1 Å². The molecule has 1 unspecified atom stereocenters. The largest absolute Gasteiger partial charge is 0.355 e. The number of halogens is 1. The van der Waals surface area contributed by atoms with Gasteiger partial charge in [-0.2, -0.15) is 5.10 Å². The van der Waals surface area contributed by atoms with Crippen molar-refractivity contribution in [2.24, 2.45) is 12.0 Å². The Morgan fingerprint density at radius 1 is 1.23 bits per heavy atom. The molecule has 0 fully saturated rings. The Kier molecular flexibility index (Phi) is 9.57. The van der Waals surface area contributed by atoms with E-state index in [-0.39, 0.29) is 24.0 Å². The van der Waals surface area contributed by atoms with Gasteiger partial charge in [-0.25, -0.2) is 4.98 Å². The van der Waals surface area contributed by atoms with E-state index in [9.17, 15) is 0 Å². The Hall–Kier alpha value is -1.68. The molecular weight excluding hydrogens is 441 g/mol. The van der Waals surface area contributed by atoms with Crippen LogP contribution in [0.3, 0.4) is 0 Å². The number of guanidine groups is 1. The zero-order valence-corrected chi connectivity index (χ0v) is 18.6. The van der Waals surface area contributed by atoms with Crippen LogP contribution in [0.1, 0.15) is 18.3 Å². The molecule has 8 heteroatoms. The third-order valence-electron chi connectivity index (χ3n) is 4.34. The molecule has 0 spiro atoms. The highest BCUT2D eigenvalue weighted by atomic mass is 127. The summed E-state index contributed by atoms with van der Waals surface area (Å²) < 4.78 is 1.78. The smallest absolute Gasteiger partial charge is 0.193 e. The maximum Gasteiger partial charge on any atom is 0.193 e. The lowest BCUT2D eigenvalue weighted by Crippen LogP contribution is -2.45. The number of aryl methyl sites for hydroxylation is 1. The standard InChI is InChI=1S/C18H29N7.HI/c1-15(23(3)12-16-9-7-6-8-10-16)11-20-18(19-2)24(4)13-17-21-14-22-25(17)5;/h6-10,14-15H,11-13H2,1-5H3,(H,19,20);1H. The minimum Gasteiger partial charge on any atom is -0.355 e. The van der Waals surface area contributed by atoms with Gasteiger partial charge in [-0.05, 0) is 19.5 Å². The molecule has 1 heterocycles. The SMILES string of the molecule is CN=C(NCC(C)N(C)Cc1ccccc1)N(C)Cc1ncnn1C.I. The second-order valence-corrected chi connectivity index (χ2v) is 6.33.